The molecule has 1 N–H and O–H groups in total. The van der Waals surface area contributed by atoms with Gasteiger partial charge in [0, 0.05) is 6.92 Å². The molecule has 0 unspecified atom stereocenters. The predicted molar refractivity (Wildman–Crippen MR) is 38.9 cm³/mol. The van der Waals surface area contributed by atoms with Crippen molar-refractivity contribution >= 4 is 11.5 Å². The lowest BCUT2D eigenvalue weighted by Gasteiger charge is -1.86. The number of nitrogens with zero attached hydrogens (tertiary/aromatic N) is 2. The lowest BCUT2D eigenvalue weighted by Crippen LogP contribution is -2.02. The van der Waals surface area contributed by atoms with E-state index < -0.39 is 0 Å². The molecule has 6 nitrogen and oxygen atoms in total. The number of rotatable bonds is 3. The monoisotopic (exact) mass is 170 g/mol. The first kappa shape index (κ1) is 8.38. The molecule has 0 spiro atoms. The van der Waals surface area contributed by atoms with Crippen LogP contribution in [0.1, 0.15) is 17.4 Å². The number of Topliss-reactive ketones (excluding diaryl/α,β-unsaturated/α-hetero) is 1. The smallest absolute Gasteiger partial charge is 0.293 e. The summed E-state index contributed by atoms with van der Waals surface area (Å²) in [7, 11) is 1.21. The summed E-state index contributed by atoms with van der Waals surface area (Å²) in [6.07, 6.45) is 1.23. The van der Waals surface area contributed by atoms with E-state index in [0.717, 1.165) is 0 Å². The van der Waals surface area contributed by atoms with Gasteiger partial charge in [0.05, 0.1) is 4.91 Å². The SMILES string of the molecule is CO[N+](=O)c1cn[nH]c1C(C)=O. The third kappa shape index (κ3) is 1.31. The van der Waals surface area contributed by atoms with Crippen molar-refractivity contribution in [3.05, 3.63) is 16.8 Å². The fourth-order valence-corrected chi connectivity index (χ4v) is 0.776. The molecule has 6 heteroatoms. The highest BCUT2D eigenvalue weighted by Crippen LogP contribution is 2.14. The molecule has 64 valence electrons. The molecule has 0 aliphatic carbocycles. The van der Waals surface area contributed by atoms with Crippen LogP contribution in [0.2, 0.25) is 0 Å². The van der Waals surface area contributed by atoms with E-state index in [1.807, 2.05) is 0 Å². The molecule has 0 bridgehead atoms. The average molecular weight is 170 g/mol. The van der Waals surface area contributed by atoms with E-state index in [-0.39, 0.29) is 22.1 Å². The van der Waals surface area contributed by atoms with Gasteiger partial charge >= 0.3 is 5.69 Å². The Hall–Kier alpha value is -1.72. The molecule has 0 fully saturated rings. The highest BCUT2D eigenvalue weighted by Gasteiger charge is 2.25. The van der Waals surface area contributed by atoms with E-state index in [4.69, 9.17) is 0 Å². The zero-order chi connectivity index (χ0) is 9.14. The minimum absolute atomic E-state index is 0.0880. The molecule has 0 radical (unpaired) electrons. The van der Waals surface area contributed by atoms with E-state index in [1.165, 1.54) is 20.2 Å². The lowest BCUT2D eigenvalue weighted by molar-refractivity contribution is -0.736. The molecular weight excluding hydrogens is 162 g/mol. The average Bonchev–Trinajstić information content (AvgIpc) is 2.50. The Morgan fingerprint density at radius 1 is 1.75 bits per heavy atom. The molecule has 0 aliphatic heterocycles. The summed E-state index contributed by atoms with van der Waals surface area (Å²) in [5.41, 5.74) is 0.233. The standard InChI is InChI=1S/C6H7N3O3/c1-4(10)6-5(3-7-8-6)9(11)12-2/h3H,1-2H3/p+1. The molecule has 0 saturated carbocycles. The van der Waals surface area contributed by atoms with Crippen molar-refractivity contribution in [2.45, 2.75) is 6.92 Å². The Balaban J connectivity index is 3.07. The van der Waals surface area contributed by atoms with Gasteiger partial charge in [-0.3, -0.25) is 9.89 Å². The van der Waals surface area contributed by atoms with Crippen LogP contribution < -0.4 is 0 Å². The van der Waals surface area contributed by atoms with Crippen LogP contribution in [0.25, 0.3) is 0 Å². The van der Waals surface area contributed by atoms with Crippen LogP contribution >= 0.6 is 0 Å². The first-order chi connectivity index (χ1) is 5.66. The third-order valence-corrected chi connectivity index (χ3v) is 1.33. The largest absolute Gasteiger partial charge is 0.364 e. The maximum absolute atomic E-state index is 10.9. The molecule has 1 rings (SSSR count). The van der Waals surface area contributed by atoms with Crippen LogP contribution in [0.15, 0.2) is 6.20 Å². The summed E-state index contributed by atoms with van der Waals surface area (Å²) in [5, 5.41) is 5.94. The van der Waals surface area contributed by atoms with E-state index in [9.17, 15) is 9.70 Å². The second kappa shape index (κ2) is 3.12. The molecule has 0 aromatic carbocycles. The van der Waals surface area contributed by atoms with Crippen LogP contribution in [0.5, 0.6) is 0 Å². The zero-order valence-corrected chi connectivity index (χ0v) is 6.70. The maximum Gasteiger partial charge on any atom is 0.364 e. The number of aromatic nitrogens is 2. The second-order valence-electron chi connectivity index (χ2n) is 2.13. The van der Waals surface area contributed by atoms with Gasteiger partial charge in [0.15, 0.2) is 18.6 Å². The maximum atomic E-state index is 10.9. The summed E-state index contributed by atoms with van der Waals surface area (Å²) >= 11 is 0. The number of nitrogens with one attached hydrogen (secondary N) is 1. The van der Waals surface area contributed by atoms with E-state index in [1.54, 1.807) is 0 Å². The fraction of sp³-hybridized carbons (Fsp3) is 0.333. The Labute approximate surface area is 68.1 Å². The second-order valence-corrected chi connectivity index (χ2v) is 2.13. The molecule has 12 heavy (non-hydrogen) atoms. The Kier molecular flexibility index (Phi) is 2.18. The van der Waals surface area contributed by atoms with Gasteiger partial charge in [0.25, 0.3) is 4.92 Å². The first-order valence-corrected chi connectivity index (χ1v) is 3.22. The molecule has 1 aromatic heterocycles. The number of carbonyl (C=O) groups excluding carboxylic acids is 1. The summed E-state index contributed by atoms with van der Waals surface area (Å²) in [6, 6.07) is 0. The van der Waals surface area contributed by atoms with Crippen LogP contribution in [0.3, 0.4) is 0 Å². The van der Waals surface area contributed by atoms with Gasteiger partial charge in [0.2, 0.25) is 0 Å². The molecule has 0 aliphatic rings. The highest BCUT2D eigenvalue weighted by atomic mass is 16.8. The molecule has 0 amide bonds. The quantitative estimate of drug-likeness (QED) is 0.532. The number of ketones is 1. The van der Waals surface area contributed by atoms with Crippen LogP contribution in [-0.2, 0) is 4.84 Å². The van der Waals surface area contributed by atoms with Gasteiger partial charge in [-0.1, -0.05) is 0 Å². The van der Waals surface area contributed by atoms with E-state index in [2.05, 4.69) is 15.0 Å². The number of H-pyrrole nitrogens is 1. The number of carbonyl (C=O) groups is 1. The molecule has 1 aromatic rings. The van der Waals surface area contributed by atoms with Gasteiger partial charge in [-0.2, -0.15) is 5.10 Å². The highest BCUT2D eigenvalue weighted by molar-refractivity contribution is 5.95. The van der Waals surface area contributed by atoms with Crippen molar-refractivity contribution in [3.8, 4) is 0 Å². The van der Waals surface area contributed by atoms with Crippen molar-refractivity contribution in [1.29, 1.82) is 0 Å². The van der Waals surface area contributed by atoms with Crippen molar-refractivity contribution < 1.29 is 14.6 Å². The molecule has 1 heterocycles. The lowest BCUT2D eigenvalue weighted by atomic mass is 10.3. The van der Waals surface area contributed by atoms with Crippen LogP contribution in [-0.4, -0.2) is 28.0 Å². The van der Waals surface area contributed by atoms with Crippen molar-refractivity contribution in [2.75, 3.05) is 7.11 Å². The van der Waals surface area contributed by atoms with Crippen LogP contribution in [0, 0.1) is 4.91 Å². The van der Waals surface area contributed by atoms with Crippen LogP contribution in [0.4, 0.5) is 5.69 Å². The van der Waals surface area contributed by atoms with Gasteiger partial charge in [-0.15, -0.1) is 0 Å². The topological polar surface area (TPSA) is 75.1 Å². The number of hydrogen-bond donors (Lipinski definition) is 1. The number of hydrogen-bond acceptors (Lipinski definition) is 4. The molecule has 0 saturated heterocycles. The third-order valence-electron chi connectivity index (χ3n) is 1.33. The normalized spacial score (nSPS) is 9.50. The van der Waals surface area contributed by atoms with Crippen molar-refractivity contribution in [2.24, 2.45) is 0 Å². The predicted octanol–water partition coefficient (Wildman–Crippen LogP) is 0.584. The minimum Gasteiger partial charge on any atom is -0.293 e. The van der Waals surface area contributed by atoms with Gasteiger partial charge in [-0.05, 0) is 0 Å². The summed E-state index contributed by atoms with van der Waals surface area (Å²) in [4.78, 5) is 26.3. The Bertz CT molecular complexity index is 318. The van der Waals surface area contributed by atoms with E-state index in [0.29, 0.717) is 0 Å². The number of aromatic amines is 1. The van der Waals surface area contributed by atoms with Gasteiger partial charge in [0.1, 0.15) is 6.20 Å². The zero-order valence-electron chi connectivity index (χ0n) is 6.70. The van der Waals surface area contributed by atoms with E-state index >= 15 is 0 Å². The molecule has 0 atom stereocenters. The summed E-state index contributed by atoms with van der Waals surface area (Å²) in [5.74, 6) is -0.264. The van der Waals surface area contributed by atoms with Gasteiger partial charge in [-0.25, -0.2) is 4.84 Å². The summed E-state index contributed by atoms with van der Waals surface area (Å²) in [6.45, 7) is 1.33. The van der Waals surface area contributed by atoms with Crippen molar-refractivity contribution in [1.82, 2.24) is 10.2 Å². The van der Waals surface area contributed by atoms with Gasteiger partial charge < -0.3 is 0 Å². The first-order valence-electron chi connectivity index (χ1n) is 3.22. The Morgan fingerprint density at radius 3 is 2.92 bits per heavy atom. The molecular formula is C6H8N3O3+. The fourth-order valence-electron chi connectivity index (χ4n) is 0.776. The summed E-state index contributed by atoms with van der Waals surface area (Å²) < 4.78 is 0. The van der Waals surface area contributed by atoms with Crippen molar-refractivity contribution in [3.63, 3.8) is 0 Å². The Morgan fingerprint density at radius 2 is 2.42 bits per heavy atom. The minimum atomic E-state index is -0.264.